The molecule has 0 radical (unpaired) electrons. The summed E-state index contributed by atoms with van der Waals surface area (Å²) in [5.41, 5.74) is 0.836. The summed E-state index contributed by atoms with van der Waals surface area (Å²) in [6.07, 6.45) is -4.57. The number of rotatable bonds is 1. The van der Waals surface area contributed by atoms with Gasteiger partial charge in [-0.15, -0.1) is 0 Å². The minimum absolute atomic E-state index is 0.00363. The predicted molar refractivity (Wildman–Crippen MR) is 72.9 cm³/mol. The van der Waals surface area contributed by atoms with E-state index in [1.165, 1.54) is 0 Å². The van der Waals surface area contributed by atoms with Gasteiger partial charge in [0.15, 0.2) is 0 Å². The zero-order chi connectivity index (χ0) is 14.0. The number of hydrogen-bond acceptors (Lipinski definition) is 3. The largest absolute Gasteiger partial charge is 0.429 e. The zero-order valence-corrected chi connectivity index (χ0v) is 11.6. The molecule has 2 rings (SSSR count). The highest BCUT2D eigenvalue weighted by molar-refractivity contribution is 9.10. The second kappa shape index (κ2) is 5.32. The molecule has 0 unspecified atom stereocenters. The molecule has 0 bridgehead atoms. The first kappa shape index (κ1) is 14.0. The van der Waals surface area contributed by atoms with Crippen LogP contribution in [0.25, 0.3) is 0 Å². The molecule has 1 aliphatic rings. The summed E-state index contributed by atoms with van der Waals surface area (Å²) in [6, 6.07) is 5.47. The van der Waals surface area contributed by atoms with E-state index in [-0.39, 0.29) is 18.9 Å². The molecule has 0 saturated carbocycles. The minimum Gasteiger partial charge on any atom is -0.324 e. The van der Waals surface area contributed by atoms with Crippen LogP contribution in [0.1, 0.15) is 12.0 Å². The zero-order valence-electron chi connectivity index (χ0n) is 10.1. The Morgan fingerprint density at radius 1 is 1.26 bits per heavy atom. The number of nitrogens with zero attached hydrogens (tertiary/aromatic N) is 2. The van der Waals surface area contributed by atoms with Crippen molar-refractivity contribution in [3.63, 3.8) is 0 Å². The molecule has 1 aromatic carbocycles. The van der Waals surface area contributed by atoms with E-state index < -0.39 is 11.9 Å². The molecule has 0 amide bonds. The van der Waals surface area contributed by atoms with Gasteiger partial charge in [0.05, 0.1) is 0 Å². The molecule has 0 fully saturated rings. The fraction of sp³-hybridized carbons (Fsp3) is 0.333. The Morgan fingerprint density at radius 3 is 2.63 bits per heavy atom. The van der Waals surface area contributed by atoms with Gasteiger partial charge in [-0.05, 0) is 30.7 Å². The third kappa shape index (κ3) is 3.79. The van der Waals surface area contributed by atoms with Gasteiger partial charge in [0.1, 0.15) is 5.71 Å². The topological polar surface area (TPSA) is 36.8 Å². The number of guanidine groups is 1. The Labute approximate surface area is 116 Å². The van der Waals surface area contributed by atoms with E-state index in [1.54, 1.807) is 6.07 Å². The molecule has 7 heteroatoms. The van der Waals surface area contributed by atoms with E-state index in [0.717, 1.165) is 10.0 Å². The Hall–Kier alpha value is -1.37. The number of aliphatic imine (C=N–C) groups is 2. The van der Waals surface area contributed by atoms with Crippen molar-refractivity contribution in [3.8, 4) is 0 Å². The standard InChI is InChI=1S/C12H11BrF3N3/c1-7-4-8(13)6-9(5-7)18-11-17-3-2-10(19-11)12(14,15)16/h4-6H,2-3H2,1H3,(H,17,18). The van der Waals surface area contributed by atoms with Crippen LogP contribution in [0.15, 0.2) is 32.7 Å². The van der Waals surface area contributed by atoms with Crippen molar-refractivity contribution in [2.24, 2.45) is 9.98 Å². The third-order valence-electron chi connectivity index (χ3n) is 2.48. The van der Waals surface area contributed by atoms with Crippen LogP contribution in [0.5, 0.6) is 0 Å². The Kier molecular flexibility index (Phi) is 3.93. The van der Waals surface area contributed by atoms with E-state index in [0.29, 0.717) is 5.69 Å². The first-order chi connectivity index (χ1) is 8.84. The van der Waals surface area contributed by atoms with Gasteiger partial charge in [-0.2, -0.15) is 13.2 Å². The SMILES string of the molecule is Cc1cc(Br)cc(NC2=NCCC(C(F)(F)F)=N2)c1. The fourth-order valence-electron chi connectivity index (χ4n) is 1.70. The first-order valence-corrected chi connectivity index (χ1v) is 6.37. The van der Waals surface area contributed by atoms with Crippen molar-refractivity contribution >= 4 is 33.3 Å². The van der Waals surface area contributed by atoms with Gasteiger partial charge in [0, 0.05) is 23.1 Å². The average Bonchev–Trinajstić information content (AvgIpc) is 2.26. The average molecular weight is 334 g/mol. The molecule has 0 atom stereocenters. The summed E-state index contributed by atoms with van der Waals surface area (Å²) >= 11 is 3.33. The summed E-state index contributed by atoms with van der Waals surface area (Å²) in [5.74, 6) is -0.00363. The predicted octanol–water partition coefficient (Wildman–Crippen LogP) is 3.93. The van der Waals surface area contributed by atoms with E-state index in [9.17, 15) is 13.2 Å². The molecule has 1 N–H and O–H groups in total. The molecule has 0 saturated heterocycles. The summed E-state index contributed by atoms with van der Waals surface area (Å²) in [4.78, 5) is 7.47. The summed E-state index contributed by atoms with van der Waals surface area (Å²) in [6.45, 7) is 1.98. The maximum Gasteiger partial charge on any atom is 0.429 e. The number of alkyl halides is 3. The molecule has 1 aliphatic heterocycles. The molecule has 102 valence electrons. The molecule has 1 aromatic rings. The van der Waals surface area contributed by atoms with Gasteiger partial charge < -0.3 is 5.32 Å². The number of aryl methyl sites for hydroxylation is 1. The normalized spacial score (nSPS) is 15.8. The van der Waals surface area contributed by atoms with Crippen molar-refractivity contribution < 1.29 is 13.2 Å². The lowest BCUT2D eigenvalue weighted by Gasteiger charge is -2.15. The number of benzene rings is 1. The lowest BCUT2D eigenvalue weighted by atomic mass is 10.2. The van der Waals surface area contributed by atoms with Crippen LogP contribution < -0.4 is 5.32 Å². The number of hydrogen-bond donors (Lipinski definition) is 1. The molecule has 0 spiro atoms. The van der Waals surface area contributed by atoms with Crippen LogP contribution in [-0.2, 0) is 0 Å². The fourth-order valence-corrected chi connectivity index (χ4v) is 2.30. The highest BCUT2D eigenvalue weighted by atomic mass is 79.9. The number of nitrogens with one attached hydrogen (secondary N) is 1. The van der Waals surface area contributed by atoms with Crippen molar-refractivity contribution in [2.75, 3.05) is 11.9 Å². The summed E-state index contributed by atoms with van der Waals surface area (Å²) in [7, 11) is 0. The monoisotopic (exact) mass is 333 g/mol. The quantitative estimate of drug-likeness (QED) is 0.830. The Morgan fingerprint density at radius 2 is 2.00 bits per heavy atom. The van der Waals surface area contributed by atoms with Crippen molar-refractivity contribution in [2.45, 2.75) is 19.5 Å². The second-order valence-corrected chi connectivity index (χ2v) is 5.07. The van der Waals surface area contributed by atoms with Gasteiger partial charge in [0.2, 0.25) is 5.96 Å². The lowest BCUT2D eigenvalue weighted by molar-refractivity contribution is -0.0603. The van der Waals surface area contributed by atoms with Crippen molar-refractivity contribution in [1.82, 2.24) is 0 Å². The summed E-state index contributed by atoms with van der Waals surface area (Å²) in [5, 5.41) is 2.80. The van der Waals surface area contributed by atoms with Crippen LogP contribution in [0, 0.1) is 6.92 Å². The maximum atomic E-state index is 12.6. The van der Waals surface area contributed by atoms with Crippen molar-refractivity contribution in [3.05, 3.63) is 28.2 Å². The molecular formula is C12H11BrF3N3. The van der Waals surface area contributed by atoms with Crippen LogP contribution >= 0.6 is 15.9 Å². The van der Waals surface area contributed by atoms with Crippen molar-refractivity contribution in [1.29, 1.82) is 0 Å². The Balaban J connectivity index is 2.19. The Bertz CT molecular complexity index is 529. The third-order valence-corrected chi connectivity index (χ3v) is 2.93. The highest BCUT2D eigenvalue weighted by Gasteiger charge is 2.36. The van der Waals surface area contributed by atoms with E-state index in [4.69, 9.17) is 0 Å². The number of anilines is 1. The molecule has 0 aromatic heterocycles. The first-order valence-electron chi connectivity index (χ1n) is 5.58. The molecule has 0 aliphatic carbocycles. The summed E-state index contributed by atoms with van der Waals surface area (Å²) < 4.78 is 38.5. The second-order valence-electron chi connectivity index (χ2n) is 4.15. The van der Waals surface area contributed by atoms with Crippen LogP contribution in [0.2, 0.25) is 0 Å². The minimum atomic E-state index is -4.39. The molecule has 3 nitrogen and oxygen atoms in total. The van der Waals surface area contributed by atoms with Gasteiger partial charge in [-0.3, -0.25) is 4.99 Å². The van der Waals surface area contributed by atoms with Crippen LogP contribution in [0.4, 0.5) is 18.9 Å². The number of halogens is 4. The van der Waals surface area contributed by atoms with Crippen LogP contribution in [0.3, 0.4) is 0 Å². The van der Waals surface area contributed by atoms with Gasteiger partial charge in [-0.1, -0.05) is 15.9 Å². The maximum absolute atomic E-state index is 12.6. The molecular weight excluding hydrogens is 323 g/mol. The van der Waals surface area contributed by atoms with Gasteiger partial charge >= 0.3 is 6.18 Å². The van der Waals surface area contributed by atoms with Crippen LogP contribution in [-0.4, -0.2) is 24.4 Å². The lowest BCUT2D eigenvalue weighted by Crippen LogP contribution is -2.29. The van der Waals surface area contributed by atoms with E-state index >= 15 is 0 Å². The molecule has 1 heterocycles. The van der Waals surface area contributed by atoms with E-state index in [2.05, 4.69) is 31.2 Å². The smallest absolute Gasteiger partial charge is 0.324 e. The van der Waals surface area contributed by atoms with Gasteiger partial charge in [0.25, 0.3) is 0 Å². The highest BCUT2D eigenvalue weighted by Crippen LogP contribution is 2.23. The van der Waals surface area contributed by atoms with E-state index in [1.807, 2.05) is 19.1 Å². The molecule has 19 heavy (non-hydrogen) atoms. The van der Waals surface area contributed by atoms with Gasteiger partial charge in [-0.25, -0.2) is 4.99 Å².